The molecule has 0 bridgehead atoms. The molecule has 0 N–H and O–H groups in total. The molecule has 0 spiro atoms. The summed E-state index contributed by atoms with van der Waals surface area (Å²) >= 11 is 18.8. The third-order valence-electron chi connectivity index (χ3n) is 5.48. The molecule has 31 heavy (non-hydrogen) atoms. The number of allylic oxidation sites excluding steroid dienone is 1. The van der Waals surface area contributed by atoms with Crippen LogP contribution < -0.4 is 5.56 Å². The van der Waals surface area contributed by atoms with Gasteiger partial charge in [0.25, 0.3) is 5.56 Å². The molecular weight excluding hydrogens is 455 g/mol. The van der Waals surface area contributed by atoms with E-state index in [0.29, 0.717) is 51.4 Å². The van der Waals surface area contributed by atoms with Crippen molar-refractivity contribution < 1.29 is 0 Å². The average Bonchev–Trinajstić information content (AvgIpc) is 3.26. The van der Waals surface area contributed by atoms with Crippen LogP contribution in [-0.2, 0) is 13.1 Å². The molecule has 2 aromatic carbocycles. The quantitative estimate of drug-likeness (QED) is 0.376. The molecule has 1 aliphatic rings. The molecule has 4 aromatic rings. The van der Waals surface area contributed by atoms with Crippen LogP contribution in [0.5, 0.6) is 0 Å². The predicted molar refractivity (Wildman–Crippen MR) is 126 cm³/mol. The Balaban J connectivity index is 1.56. The van der Waals surface area contributed by atoms with E-state index in [9.17, 15) is 4.79 Å². The third-order valence-corrected chi connectivity index (χ3v) is 6.37. The monoisotopic (exact) mass is 470 g/mol. The molecular formula is C23H17Cl3N4O. The van der Waals surface area contributed by atoms with Gasteiger partial charge in [-0.25, -0.2) is 9.67 Å². The average molecular weight is 472 g/mol. The number of halogens is 3. The number of aryl methyl sites for hydroxylation is 1. The lowest BCUT2D eigenvalue weighted by molar-refractivity contribution is 0.680. The first-order chi connectivity index (χ1) is 14.9. The molecule has 0 unspecified atom stereocenters. The highest BCUT2D eigenvalue weighted by molar-refractivity contribution is 6.31. The van der Waals surface area contributed by atoms with Crippen LogP contribution in [0.15, 0.2) is 47.3 Å². The minimum atomic E-state index is -0.0543. The summed E-state index contributed by atoms with van der Waals surface area (Å²) in [6.07, 6.45) is 2.69. The third kappa shape index (κ3) is 3.67. The largest absolute Gasteiger partial charge is 0.292 e. The second-order valence-electron chi connectivity index (χ2n) is 7.55. The highest BCUT2D eigenvalue weighted by atomic mass is 35.5. The number of aromatic nitrogens is 4. The summed E-state index contributed by atoms with van der Waals surface area (Å²) in [7, 11) is 0. The second kappa shape index (κ2) is 7.83. The molecule has 2 aromatic heterocycles. The predicted octanol–water partition coefficient (Wildman–Crippen LogP) is 5.85. The van der Waals surface area contributed by atoms with Gasteiger partial charge in [-0.3, -0.25) is 9.36 Å². The van der Waals surface area contributed by atoms with Gasteiger partial charge in [0, 0.05) is 22.2 Å². The number of rotatable bonds is 3. The summed E-state index contributed by atoms with van der Waals surface area (Å²) in [5.41, 5.74) is 4.19. The maximum Gasteiger partial charge on any atom is 0.261 e. The van der Waals surface area contributed by atoms with Gasteiger partial charge in [-0.05, 0) is 60.9 Å². The number of hydrogen-bond acceptors (Lipinski definition) is 3. The van der Waals surface area contributed by atoms with E-state index in [0.717, 1.165) is 22.4 Å². The number of nitrogens with zero attached hydrogens (tertiary/aromatic N) is 4. The molecule has 0 fully saturated rings. The first kappa shape index (κ1) is 20.3. The van der Waals surface area contributed by atoms with Crippen molar-refractivity contribution in [2.45, 2.75) is 26.4 Å². The molecule has 0 amide bonds. The van der Waals surface area contributed by atoms with Gasteiger partial charge < -0.3 is 0 Å². The standard InChI is InChI=1S/C23H17Cl3N4O/c1-13-19(21(26)30(28-13)12-14-2-4-16(24)5-3-14)10-15-8-9-29-22(15)27-20-11-17(25)6-7-18(20)23(29)31/h2-7,10-11H,8-9,12H2,1H3/b15-10+. The van der Waals surface area contributed by atoms with E-state index in [-0.39, 0.29) is 5.56 Å². The number of fused-ring (bicyclic) bond motifs is 2. The summed E-state index contributed by atoms with van der Waals surface area (Å²) in [6, 6.07) is 12.8. The van der Waals surface area contributed by atoms with Crippen LogP contribution in [0.25, 0.3) is 22.6 Å². The van der Waals surface area contributed by atoms with E-state index >= 15 is 0 Å². The van der Waals surface area contributed by atoms with E-state index in [1.165, 1.54) is 0 Å². The van der Waals surface area contributed by atoms with Gasteiger partial charge in [-0.15, -0.1) is 0 Å². The van der Waals surface area contributed by atoms with E-state index in [4.69, 9.17) is 39.8 Å². The Bertz CT molecular complexity index is 1420. The minimum Gasteiger partial charge on any atom is -0.292 e. The number of hydrogen-bond donors (Lipinski definition) is 0. The van der Waals surface area contributed by atoms with Crippen LogP contribution in [0.3, 0.4) is 0 Å². The van der Waals surface area contributed by atoms with Gasteiger partial charge in [0.1, 0.15) is 11.0 Å². The molecule has 0 saturated carbocycles. The van der Waals surface area contributed by atoms with E-state index in [1.807, 2.05) is 37.3 Å². The smallest absolute Gasteiger partial charge is 0.261 e. The van der Waals surface area contributed by atoms with Gasteiger partial charge in [0.05, 0.1) is 23.1 Å². The molecule has 5 nitrogen and oxygen atoms in total. The fourth-order valence-electron chi connectivity index (χ4n) is 3.90. The van der Waals surface area contributed by atoms with Crippen molar-refractivity contribution in [1.29, 1.82) is 0 Å². The lowest BCUT2D eigenvalue weighted by Gasteiger charge is -2.06. The molecule has 3 heterocycles. The molecule has 0 saturated heterocycles. The Hall–Kier alpha value is -2.60. The summed E-state index contributed by atoms with van der Waals surface area (Å²) in [6.45, 7) is 3.05. The van der Waals surface area contributed by atoms with E-state index in [1.54, 1.807) is 27.4 Å². The zero-order valence-electron chi connectivity index (χ0n) is 16.6. The summed E-state index contributed by atoms with van der Waals surface area (Å²) in [4.78, 5) is 17.6. The van der Waals surface area contributed by atoms with Crippen molar-refractivity contribution in [1.82, 2.24) is 19.3 Å². The zero-order chi connectivity index (χ0) is 21.7. The highest BCUT2D eigenvalue weighted by Gasteiger charge is 2.22. The van der Waals surface area contributed by atoms with Crippen LogP contribution in [0, 0.1) is 6.92 Å². The van der Waals surface area contributed by atoms with Gasteiger partial charge in [0.15, 0.2) is 0 Å². The Morgan fingerprint density at radius 1 is 1.06 bits per heavy atom. The second-order valence-corrected chi connectivity index (χ2v) is 8.78. The zero-order valence-corrected chi connectivity index (χ0v) is 18.8. The summed E-state index contributed by atoms with van der Waals surface area (Å²) < 4.78 is 3.48. The van der Waals surface area contributed by atoms with Crippen molar-refractivity contribution in [2.24, 2.45) is 0 Å². The Kier molecular flexibility index (Phi) is 5.13. The topological polar surface area (TPSA) is 52.7 Å². The van der Waals surface area contributed by atoms with Crippen molar-refractivity contribution >= 4 is 57.4 Å². The molecule has 1 aliphatic heterocycles. The SMILES string of the molecule is Cc1nn(Cc2ccc(Cl)cc2)c(Cl)c1/C=C1\CCn2c1nc1cc(Cl)ccc1c2=O. The highest BCUT2D eigenvalue weighted by Crippen LogP contribution is 2.31. The van der Waals surface area contributed by atoms with E-state index in [2.05, 4.69) is 5.10 Å². The van der Waals surface area contributed by atoms with Crippen LogP contribution in [-0.4, -0.2) is 19.3 Å². The maximum atomic E-state index is 12.9. The molecule has 8 heteroatoms. The van der Waals surface area contributed by atoms with Crippen molar-refractivity contribution in [3.63, 3.8) is 0 Å². The first-order valence-electron chi connectivity index (χ1n) is 9.79. The van der Waals surface area contributed by atoms with Gasteiger partial charge in [-0.2, -0.15) is 5.10 Å². The maximum absolute atomic E-state index is 12.9. The van der Waals surface area contributed by atoms with E-state index < -0.39 is 0 Å². The fraction of sp³-hybridized carbons (Fsp3) is 0.174. The number of benzene rings is 2. The van der Waals surface area contributed by atoms with Gasteiger partial charge in [0.2, 0.25) is 0 Å². The lowest BCUT2D eigenvalue weighted by Crippen LogP contribution is -2.20. The van der Waals surface area contributed by atoms with Crippen molar-refractivity contribution in [3.05, 3.63) is 90.7 Å². The first-order valence-corrected chi connectivity index (χ1v) is 10.9. The molecule has 0 aliphatic carbocycles. The van der Waals surface area contributed by atoms with Crippen LogP contribution in [0.2, 0.25) is 15.2 Å². The van der Waals surface area contributed by atoms with Crippen LogP contribution in [0.1, 0.15) is 29.1 Å². The Morgan fingerprint density at radius 2 is 1.81 bits per heavy atom. The normalized spacial score (nSPS) is 14.5. The molecule has 0 atom stereocenters. The van der Waals surface area contributed by atoms with Crippen molar-refractivity contribution in [3.8, 4) is 0 Å². The molecule has 156 valence electrons. The van der Waals surface area contributed by atoms with Crippen LogP contribution >= 0.6 is 34.8 Å². The summed E-state index contributed by atoms with van der Waals surface area (Å²) in [5.74, 6) is 0.653. The molecule has 5 rings (SSSR count). The van der Waals surface area contributed by atoms with Crippen molar-refractivity contribution in [2.75, 3.05) is 0 Å². The molecule has 0 radical (unpaired) electrons. The van der Waals surface area contributed by atoms with Gasteiger partial charge >= 0.3 is 0 Å². The Labute approximate surface area is 193 Å². The Morgan fingerprint density at radius 3 is 2.58 bits per heavy atom. The minimum absolute atomic E-state index is 0.0543. The summed E-state index contributed by atoms with van der Waals surface area (Å²) in [5, 5.41) is 6.96. The van der Waals surface area contributed by atoms with Gasteiger partial charge in [-0.1, -0.05) is 46.9 Å². The lowest BCUT2D eigenvalue weighted by atomic mass is 10.1. The van der Waals surface area contributed by atoms with Crippen LogP contribution in [0.4, 0.5) is 0 Å². The fourth-order valence-corrected chi connectivity index (χ4v) is 4.48.